The largest absolute Gasteiger partial charge is 0.486 e. The Hall–Kier alpha value is -1.99. The smallest absolute Gasteiger partial charge is 0.270 e. The molecule has 0 aliphatic rings. The minimum atomic E-state index is -0.417. The van der Waals surface area contributed by atoms with E-state index >= 15 is 0 Å². The zero-order valence-corrected chi connectivity index (χ0v) is 13.0. The Bertz CT molecular complexity index is 633. The van der Waals surface area contributed by atoms with Gasteiger partial charge in [0.25, 0.3) is 5.91 Å². The molecule has 3 N–H and O–H groups in total. The lowest BCUT2D eigenvalue weighted by atomic mass is 10.2. The summed E-state index contributed by atoms with van der Waals surface area (Å²) in [5.74, 6) is -0.520. The molecule has 1 heterocycles. The molecule has 0 aliphatic heterocycles. The highest BCUT2D eigenvalue weighted by Gasteiger charge is 2.15. The molecule has 2 aromatic rings. The number of halogens is 1. The average molecular weight is 323 g/mol. The molecule has 118 valence electrons. The predicted molar refractivity (Wildman–Crippen MR) is 83.4 cm³/mol. The SMILES string of the molecule is CCC(CNC(=O)c1csc(CN)n1)Oc1ccccc1F. The van der Waals surface area contributed by atoms with Gasteiger partial charge in [-0.3, -0.25) is 4.79 Å². The molecule has 1 atom stereocenters. The zero-order valence-electron chi connectivity index (χ0n) is 12.2. The summed E-state index contributed by atoms with van der Waals surface area (Å²) < 4.78 is 19.1. The van der Waals surface area contributed by atoms with Gasteiger partial charge in [-0.1, -0.05) is 19.1 Å². The van der Waals surface area contributed by atoms with Gasteiger partial charge in [-0.2, -0.15) is 0 Å². The van der Waals surface area contributed by atoms with Crippen molar-refractivity contribution in [1.29, 1.82) is 0 Å². The minimum Gasteiger partial charge on any atom is -0.486 e. The molecule has 0 fully saturated rings. The van der Waals surface area contributed by atoms with E-state index in [0.717, 1.165) is 0 Å². The Morgan fingerprint density at radius 2 is 2.27 bits per heavy atom. The second-order valence-electron chi connectivity index (χ2n) is 4.62. The predicted octanol–water partition coefficient (Wildman–Crippen LogP) is 2.33. The lowest BCUT2D eigenvalue weighted by Gasteiger charge is -2.18. The minimum absolute atomic E-state index is 0.183. The van der Waals surface area contributed by atoms with Crippen LogP contribution in [0.15, 0.2) is 29.6 Å². The van der Waals surface area contributed by atoms with Crippen LogP contribution in [0.3, 0.4) is 0 Å². The maximum absolute atomic E-state index is 13.6. The van der Waals surface area contributed by atoms with Gasteiger partial charge in [0.05, 0.1) is 6.54 Å². The third kappa shape index (κ3) is 4.25. The van der Waals surface area contributed by atoms with E-state index in [9.17, 15) is 9.18 Å². The molecule has 0 saturated heterocycles. The molecule has 2 rings (SSSR count). The Morgan fingerprint density at radius 3 is 2.91 bits per heavy atom. The van der Waals surface area contributed by atoms with E-state index in [4.69, 9.17) is 10.5 Å². The summed E-state index contributed by atoms with van der Waals surface area (Å²) >= 11 is 1.34. The van der Waals surface area contributed by atoms with Crippen LogP contribution >= 0.6 is 11.3 Å². The van der Waals surface area contributed by atoms with Gasteiger partial charge in [0.1, 0.15) is 16.8 Å². The van der Waals surface area contributed by atoms with Gasteiger partial charge >= 0.3 is 0 Å². The first kappa shape index (κ1) is 16.4. The van der Waals surface area contributed by atoms with Crippen molar-refractivity contribution in [2.75, 3.05) is 6.54 Å². The number of hydrogen-bond donors (Lipinski definition) is 2. The number of ether oxygens (including phenoxy) is 1. The summed E-state index contributed by atoms with van der Waals surface area (Å²) in [6.45, 7) is 2.50. The third-order valence-electron chi connectivity index (χ3n) is 3.03. The molecule has 0 aliphatic carbocycles. The van der Waals surface area contributed by atoms with Crippen molar-refractivity contribution in [3.05, 3.63) is 46.2 Å². The van der Waals surface area contributed by atoms with Gasteiger partial charge in [0.15, 0.2) is 11.6 Å². The molecule has 0 spiro atoms. The van der Waals surface area contributed by atoms with Crippen molar-refractivity contribution in [2.45, 2.75) is 26.0 Å². The lowest BCUT2D eigenvalue weighted by molar-refractivity contribution is 0.0920. The fourth-order valence-electron chi connectivity index (χ4n) is 1.80. The second-order valence-corrected chi connectivity index (χ2v) is 5.56. The number of nitrogens with two attached hydrogens (primary N) is 1. The first-order valence-electron chi connectivity index (χ1n) is 6.97. The van der Waals surface area contributed by atoms with E-state index in [0.29, 0.717) is 23.7 Å². The second kappa shape index (κ2) is 7.86. The van der Waals surface area contributed by atoms with Gasteiger partial charge in [0.2, 0.25) is 0 Å². The van der Waals surface area contributed by atoms with Crippen LogP contribution in [0.2, 0.25) is 0 Å². The Kier molecular flexibility index (Phi) is 5.85. The molecule has 1 aromatic carbocycles. The van der Waals surface area contributed by atoms with Crippen LogP contribution < -0.4 is 15.8 Å². The molecular weight excluding hydrogens is 305 g/mol. The summed E-state index contributed by atoms with van der Waals surface area (Å²) in [6.07, 6.45) is 0.327. The van der Waals surface area contributed by atoms with Crippen molar-refractivity contribution < 1.29 is 13.9 Å². The average Bonchev–Trinajstić information content (AvgIpc) is 3.02. The van der Waals surface area contributed by atoms with Crippen LogP contribution in [-0.4, -0.2) is 23.5 Å². The number of nitrogens with zero attached hydrogens (tertiary/aromatic N) is 1. The molecule has 1 unspecified atom stereocenters. The van der Waals surface area contributed by atoms with Crippen molar-refractivity contribution >= 4 is 17.2 Å². The van der Waals surface area contributed by atoms with Crippen LogP contribution in [0.4, 0.5) is 4.39 Å². The van der Waals surface area contributed by atoms with E-state index in [1.165, 1.54) is 17.4 Å². The van der Waals surface area contributed by atoms with Gasteiger partial charge < -0.3 is 15.8 Å². The molecule has 7 heteroatoms. The van der Waals surface area contributed by atoms with E-state index in [2.05, 4.69) is 10.3 Å². The quantitative estimate of drug-likeness (QED) is 0.820. The normalized spacial score (nSPS) is 12.0. The zero-order chi connectivity index (χ0) is 15.9. The molecular formula is C15H18FN3O2S. The fraction of sp³-hybridized carbons (Fsp3) is 0.333. The molecule has 1 aromatic heterocycles. The van der Waals surface area contributed by atoms with E-state index in [1.807, 2.05) is 6.92 Å². The summed E-state index contributed by atoms with van der Waals surface area (Å²) in [4.78, 5) is 16.1. The standard InChI is InChI=1S/C15H18FN3O2S/c1-2-10(21-13-6-4-3-5-11(13)16)8-18-15(20)12-9-22-14(7-17)19-12/h3-6,9-10H,2,7-8,17H2,1H3,(H,18,20). The Labute approximate surface area is 132 Å². The highest BCUT2D eigenvalue weighted by Crippen LogP contribution is 2.18. The summed E-state index contributed by atoms with van der Waals surface area (Å²) in [6, 6.07) is 6.20. The van der Waals surface area contributed by atoms with Crippen molar-refractivity contribution in [2.24, 2.45) is 5.73 Å². The van der Waals surface area contributed by atoms with Crippen LogP contribution in [0.5, 0.6) is 5.75 Å². The molecule has 0 saturated carbocycles. The Balaban J connectivity index is 1.90. The van der Waals surface area contributed by atoms with Crippen LogP contribution in [0, 0.1) is 5.82 Å². The molecule has 0 radical (unpaired) electrons. The van der Waals surface area contributed by atoms with Gasteiger partial charge in [-0.25, -0.2) is 9.37 Å². The number of carbonyl (C=O) groups is 1. The number of para-hydroxylation sites is 1. The van der Waals surface area contributed by atoms with Crippen LogP contribution in [0.1, 0.15) is 28.8 Å². The molecule has 1 amide bonds. The number of benzene rings is 1. The highest BCUT2D eigenvalue weighted by atomic mass is 32.1. The number of carbonyl (C=O) groups excluding carboxylic acids is 1. The van der Waals surface area contributed by atoms with Crippen molar-refractivity contribution in [3.63, 3.8) is 0 Å². The van der Waals surface area contributed by atoms with Crippen LogP contribution in [0.25, 0.3) is 0 Å². The van der Waals surface area contributed by atoms with E-state index in [1.54, 1.807) is 23.6 Å². The topological polar surface area (TPSA) is 77.2 Å². The molecule has 22 heavy (non-hydrogen) atoms. The Morgan fingerprint density at radius 1 is 1.50 bits per heavy atom. The monoisotopic (exact) mass is 323 g/mol. The van der Waals surface area contributed by atoms with Crippen molar-refractivity contribution in [1.82, 2.24) is 10.3 Å². The molecule has 5 nitrogen and oxygen atoms in total. The van der Waals surface area contributed by atoms with Crippen molar-refractivity contribution in [3.8, 4) is 5.75 Å². The fourth-order valence-corrected chi connectivity index (χ4v) is 2.45. The number of amides is 1. The summed E-state index contributed by atoms with van der Waals surface area (Å²) in [5.41, 5.74) is 5.81. The maximum atomic E-state index is 13.6. The summed E-state index contributed by atoms with van der Waals surface area (Å²) in [5, 5.41) is 5.12. The van der Waals surface area contributed by atoms with Gasteiger partial charge in [-0.05, 0) is 18.6 Å². The first-order valence-corrected chi connectivity index (χ1v) is 7.85. The number of thiazole rings is 1. The van der Waals surface area contributed by atoms with E-state index < -0.39 is 5.82 Å². The highest BCUT2D eigenvalue weighted by molar-refractivity contribution is 7.09. The number of nitrogens with one attached hydrogen (secondary N) is 1. The van der Waals surface area contributed by atoms with Gasteiger partial charge in [-0.15, -0.1) is 11.3 Å². The van der Waals surface area contributed by atoms with E-state index in [-0.39, 0.29) is 24.3 Å². The maximum Gasteiger partial charge on any atom is 0.270 e. The molecule has 0 bridgehead atoms. The third-order valence-corrected chi connectivity index (χ3v) is 3.91. The number of rotatable bonds is 7. The summed E-state index contributed by atoms with van der Waals surface area (Å²) in [7, 11) is 0. The number of hydrogen-bond acceptors (Lipinski definition) is 5. The van der Waals surface area contributed by atoms with Crippen LogP contribution in [-0.2, 0) is 6.54 Å². The van der Waals surface area contributed by atoms with Gasteiger partial charge in [0, 0.05) is 11.9 Å². The number of aromatic nitrogens is 1. The first-order chi connectivity index (χ1) is 10.6. The lowest BCUT2D eigenvalue weighted by Crippen LogP contribution is -2.35.